The Morgan fingerprint density at radius 2 is 1.95 bits per heavy atom. The molecule has 3 aliphatic heterocycles. The van der Waals surface area contributed by atoms with Crippen molar-refractivity contribution in [3.8, 4) is 0 Å². The van der Waals surface area contributed by atoms with Gasteiger partial charge in [-0.15, -0.1) is 0 Å². The Labute approximate surface area is 242 Å². The molecule has 8 nitrogen and oxygen atoms in total. The maximum absolute atomic E-state index is 16.0. The zero-order valence-electron chi connectivity index (χ0n) is 23.9. The van der Waals surface area contributed by atoms with Crippen molar-refractivity contribution in [2.24, 2.45) is 33.6 Å². The van der Waals surface area contributed by atoms with Crippen molar-refractivity contribution < 1.29 is 28.2 Å². The highest BCUT2D eigenvalue weighted by Gasteiger charge is 2.77. The summed E-state index contributed by atoms with van der Waals surface area (Å²) >= 11 is 0. The van der Waals surface area contributed by atoms with Crippen molar-refractivity contribution in [2.45, 2.75) is 77.9 Å². The van der Waals surface area contributed by atoms with Crippen LogP contribution in [-0.2, 0) is 44.4 Å². The summed E-state index contributed by atoms with van der Waals surface area (Å²) in [4.78, 5) is 45.7. The number of carbonyl (C=O) groups is 2. The molecule has 1 spiro atoms. The smallest absolute Gasteiger partial charge is 0.457 e. The number of rotatable bonds is 4. The number of nitrogens with zero attached hydrogens (tertiary/aromatic N) is 2. The number of benzene rings is 1. The first-order chi connectivity index (χ1) is 20.2. The van der Waals surface area contributed by atoms with Crippen LogP contribution in [0.25, 0.3) is 0 Å². The molecule has 1 aromatic carbocycles. The second kappa shape index (κ2) is 8.42. The topological polar surface area (TPSA) is 96.2 Å². The molecule has 8 rings (SSSR count). The number of allylic oxidation sites excluding steroid dienone is 1. The molecule has 0 radical (unpaired) electrons. The summed E-state index contributed by atoms with van der Waals surface area (Å²) < 4.78 is 34.4. The van der Waals surface area contributed by atoms with Crippen molar-refractivity contribution in [3.05, 3.63) is 80.5 Å². The molecule has 5 unspecified atom stereocenters. The molecule has 2 fully saturated rings. The van der Waals surface area contributed by atoms with Crippen LogP contribution >= 0.6 is 0 Å². The number of fused-ring (bicyclic) bond motifs is 3. The van der Waals surface area contributed by atoms with Gasteiger partial charge < -0.3 is 18.8 Å². The van der Waals surface area contributed by atoms with E-state index in [1.807, 2.05) is 38.1 Å². The largest absolute Gasteiger partial charge is 0.510 e. The van der Waals surface area contributed by atoms with E-state index in [0.717, 1.165) is 36.1 Å². The van der Waals surface area contributed by atoms with E-state index in [1.54, 1.807) is 23.6 Å². The third-order valence-corrected chi connectivity index (χ3v) is 11.6. The monoisotopic (exact) mass is 572 g/mol. The Bertz CT molecular complexity index is 1690. The molecule has 9 heteroatoms. The highest BCUT2D eigenvalue weighted by atomic mass is 19.1. The molecule has 218 valence electrons. The fraction of sp³-hybridized carbons (Fsp3) is 0.515. The van der Waals surface area contributed by atoms with Gasteiger partial charge in [0.2, 0.25) is 5.60 Å². The number of esters is 1. The molecular weight excluding hydrogens is 539 g/mol. The van der Waals surface area contributed by atoms with Gasteiger partial charge in [-0.1, -0.05) is 50.1 Å². The third kappa shape index (κ3) is 2.92. The van der Waals surface area contributed by atoms with Crippen LogP contribution in [0.1, 0.15) is 67.5 Å². The van der Waals surface area contributed by atoms with Crippen LogP contribution in [0.15, 0.2) is 52.0 Å². The number of aromatic nitrogens is 1. The predicted molar refractivity (Wildman–Crippen MR) is 149 cm³/mol. The Morgan fingerprint density at radius 1 is 1.19 bits per heavy atom. The van der Waals surface area contributed by atoms with Crippen molar-refractivity contribution >= 4 is 17.8 Å². The van der Waals surface area contributed by atoms with E-state index in [-0.39, 0.29) is 60.4 Å². The average Bonchev–Trinajstić information content (AvgIpc) is 3.28. The number of carbonyl (C=O) groups excluding carboxylic acids is 2. The van der Waals surface area contributed by atoms with Crippen molar-refractivity contribution in [1.82, 2.24) is 4.57 Å². The minimum atomic E-state index is -1.85. The van der Waals surface area contributed by atoms with Crippen LogP contribution in [0.5, 0.6) is 0 Å². The zero-order chi connectivity index (χ0) is 29.2. The first-order valence-electron chi connectivity index (χ1n) is 15.0. The number of pyridine rings is 1. The Morgan fingerprint density at radius 3 is 2.71 bits per heavy atom. The first kappa shape index (κ1) is 25.9. The predicted octanol–water partition coefficient (Wildman–Crippen LogP) is 5.26. The van der Waals surface area contributed by atoms with Crippen LogP contribution in [-0.4, -0.2) is 28.4 Å². The number of hydrogen-bond donors (Lipinski definition) is 0. The molecule has 2 saturated carbocycles. The minimum Gasteiger partial charge on any atom is -0.457 e. The van der Waals surface area contributed by atoms with E-state index in [4.69, 9.17) is 19.2 Å². The van der Waals surface area contributed by atoms with E-state index in [9.17, 15) is 14.4 Å². The molecule has 5 bridgehead atoms. The quantitative estimate of drug-likeness (QED) is 0.464. The van der Waals surface area contributed by atoms with Crippen molar-refractivity contribution in [2.75, 3.05) is 0 Å². The molecule has 42 heavy (non-hydrogen) atoms. The van der Waals surface area contributed by atoms with E-state index >= 15 is 4.39 Å². The second-order valence-electron chi connectivity index (χ2n) is 13.1. The normalized spacial score (nSPS) is 36.3. The molecule has 6 aliphatic rings. The van der Waals surface area contributed by atoms with Crippen LogP contribution in [0.3, 0.4) is 0 Å². The highest BCUT2D eigenvalue weighted by molar-refractivity contribution is 6.08. The molecule has 4 heterocycles. The fourth-order valence-corrected chi connectivity index (χ4v) is 9.61. The van der Waals surface area contributed by atoms with Gasteiger partial charge in [0, 0.05) is 22.9 Å². The molecule has 7 atom stereocenters. The number of halogens is 1. The lowest BCUT2D eigenvalue weighted by Gasteiger charge is -2.43. The van der Waals surface area contributed by atoms with Crippen LogP contribution in [0.4, 0.5) is 9.18 Å². The van der Waals surface area contributed by atoms with Gasteiger partial charge in [0.05, 0.1) is 23.0 Å². The van der Waals surface area contributed by atoms with Gasteiger partial charge in [-0.25, -0.2) is 14.0 Å². The van der Waals surface area contributed by atoms with E-state index < -0.39 is 28.6 Å². The van der Waals surface area contributed by atoms with Gasteiger partial charge in [-0.2, -0.15) is 0 Å². The Kier molecular flexibility index (Phi) is 5.20. The summed E-state index contributed by atoms with van der Waals surface area (Å²) in [7, 11) is 0. The number of aliphatic imine (C=N–C) groups is 1. The number of hydrogen-bond acceptors (Lipinski definition) is 7. The lowest BCUT2D eigenvalue weighted by Crippen LogP contribution is -2.48. The van der Waals surface area contributed by atoms with Gasteiger partial charge in [-0.3, -0.25) is 9.79 Å². The standard InChI is InChI=1S/C33H33FN2O6/c1-4-33(42-30(39)41-14-18-10-8-17(2)9-11-18)22-12-24-27-32(16-36(24)28(37)19(22)15-40-29(33)38)21-7-5-6-20-26(21)23(35-27)13-25(34)31(20,32)3/h8-13,20-21,23,26H,4-7,14-16H2,1-3H3/t20?,21?,23?,26?,31-,32?,33+/m1/s1. The van der Waals surface area contributed by atoms with Gasteiger partial charge >= 0.3 is 12.1 Å². The lowest BCUT2D eigenvalue weighted by atomic mass is 9.59. The van der Waals surface area contributed by atoms with Gasteiger partial charge in [0.25, 0.3) is 5.56 Å². The van der Waals surface area contributed by atoms with Gasteiger partial charge in [0.15, 0.2) is 0 Å². The highest BCUT2D eigenvalue weighted by Crippen LogP contribution is 2.76. The fourth-order valence-electron chi connectivity index (χ4n) is 9.61. The van der Waals surface area contributed by atoms with Gasteiger partial charge in [-0.05, 0) is 61.6 Å². The minimum absolute atomic E-state index is 0.0325. The van der Waals surface area contributed by atoms with Crippen LogP contribution < -0.4 is 5.56 Å². The number of aryl methyl sites for hydroxylation is 1. The molecule has 0 amide bonds. The molecule has 1 aromatic heterocycles. The summed E-state index contributed by atoms with van der Waals surface area (Å²) in [6, 6.07) is 9.04. The summed E-state index contributed by atoms with van der Waals surface area (Å²) in [5.41, 5.74) is 0.247. The average molecular weight is 573 g/mol. The molecule has 2 aromatic rings. The van der Waals surface area contributed by atoms with E-state index in [1.165, 1.54) is 0 Å². The summed E-state index contributed by atoms with van der Waals surface area (Å²) in [5.74, 6) is -0.176. The van der Waals surface area contributed by atoms with Crippen molar-refractivity contribution in [1.29, 1.82) is 0 Å². The summed E-state index contributed by atoms with van der Waals surface area (Å²) in [6.07, 6.45) is 3.70. The number of cyclic esters (lactones) is 1. The van der Waals surface area contributed by atoms with Crippen molar-refractivity contribution in [3.63, 3.8) is 0 Å². The molecule has 0 saturated heterocycles. The lowest BCUT2D eigenvalue weighted by molar-refractivity contribution is -0.175. The Balaban J connectivity index is 1.21. The number of ether oxygens (including phenoxy) is 3. The Hall–Kier alpha value is -3.75. The van der Waals surface area contributed by atoms with E-state index in [2.05, 4.69) is 0 Å². The van der Waals surface area contributed by atoms with Crippen LogP contribution in [0.2, 0.25) is 0 Å². The molecular formula is C33H33FN2O6. The first-order valence-corrected chi connectivity index (χ1v) is 15.0. The molecule has 0 N–H and O–H groups in total. The summed E-state index contributed by atoms with van der Waals surface area (Å²) in [5, 5.41) is 0. The van der Waals surface area contributed by atoms with Crippen LogP contribution in [0, 0.1) is 35.5 Å². The zero-order valence-corrected chi connectivity index (χ0v) is 23.9. The second-order valence-corrected chi connectivity index (χ2v) is 13.1. The molecule has 3 aliphatic carbocycles. The summed E-state index contributed by atoms with van der Waals surface area (Å²) in [6.45, 7) is 5.80. The van der Waals surface area contributed by atoms with E-state index in [0.29, 0.717) is 17.8 Å². The third-order valence-electron chi connectivity index (χ3n) is 11.6. The maximum atomic E-state index is 16.0. The maximum Gasteiger partial charge on any atom is 0.510 e. The van der Waals surface area contributed by atoms with Gasteiger partial charge in [0.1, 0.15) is 19.0 Å². The SMILES string of the molecule is CC[C@@]1(OC(=O)OCc2ccc(C)cc2)C(=O)OCc2c1cc1n(c2=O)CC23C1=NC1C=C(F)[C@@]2(C)C2CCCC3C12.